The summed E-state index contributed by atoms with van der Waals surface area (Å²) in [6.07, 6.45) is 8.45. The van der Waals surface area contributed by atoms with Crippen molar-refractivity contribution in [3.05, 3.63) is 27.6 Å². The number of nitrogens with zero attached hydrogens (tertiary/aromatic N) is 4. The van der Waals surface area contributed by atoms with Crippen LogP contribution in [0.5, 0.6) is 5.88 Å². The molecule has 1 saturated carbocycles. The van der Waals surface area contributed by atoms with Crippen molar-refractivity contribution in [3.63, 3.8) is 0 Å². The van der Waals surface area contributed by atoms with Crippen molar-refractivity contribution in [2.75, 3.05) is 19.7 Å². The second-order valence-corrected chi connectivity index (χ2v) is 10.7. The number of aryl methyl sites for hydroxylation is 1. The summed E-state index contributed by atoms with van der Waals surface area (Å²) < 4.78 is 7.90. The lowest BCUT2D eigenvalue weighted by atomic mass is 9.83. The van der Waals surface area contributed by atoms with E-state index in [0.717, 1.165) is 51.6 Å². The van der Waals surface area contributed by atoms with Crippen LogP contribution in [0, 0.1) is 5.92 Å². The minimum absolute atomic E-state index is 0.0197. The number of H-pyrrole nitrogens is 1. The van der Waals surface area contributed by atoms with Crippen LogP contribution in [0.1, 0.15) is 88.7 Å². The zero-order valence-electron chi connectivity index (χ0n) is 22.0. The number of hydrogen-bond donors (Lipinski definition) is 2. The summed E-state index contributed by atoms with van der Waals surface area (Å²) in [5.74, 6) is -0.573. The normalized spacial score (nSPS) is 22.3. The number of aromatic amines is 1. The summed E-state index contributed by atoms with van der Waals surface area (Å²) in [5.41, 5.74) is 7.63. The van der Waals surface area contributed by atoms with Gasteiger partial charge in [0, 0.05) is 24.2 Å². The molecular formula is C27H38N6O4. The monoisotopic (exact) mass is 510 g/mol. The van der Waals surface area contributed by atoms with Crippen LogP contribution in [-0.4, -0.2) is 61.2 Å². The number of aromatic nitrogens is 4. The van der Waals surface area contributed by atoms with E-state index in [0.29, 0.717) is 55.6 Å². The number of ketones is 2. The van der Waals surface area contributed by atoms with Crippen molar-refractivity contribution in [1.82, 2.24) is 24.4 Å². The Morgan fingerprint density at radius 1 is 1.14 bits per heavy atom. The maximum Gasteiger partial charge on any atom is 0.327 e. The van der Waals surface area contributed by atoms with Crippen molar-refractivity contribution in [2.45, 2.75) is 90.1 Å². The van der Waals surface area contributed by atoms with E-state index in [9.17, 15) is 14.4 Å². The number of Topliss-reactive ketones (excluding diaryl/α,β-unsaturated/α-hetero) is 2. The average Bonchev–Trinajstić information content (AvgIpc) is 3.56. The zero-order valence-corrected chi connectivity index (χ0v) is 22.0. The van der Waals surface area contributed by atoms with Crippen LogP contribution in [-0.2, 0) is 11.3 Å². The minimum Gasteiger partial charge on any atom is -0.474 e. The SMILES string of the molecule is CCC/C(C(=O)c1nc(OCC23CCCN2CCC3)c2c(n1)[nH]c(=O)n2CC)=C(/N)[C@H]1CCCCC1=O. The molecule has 0 amide bonds. The van der Waals surface area contributed by atoms with E-state index in [1.54, 1.807) is 0 Å². The van der Waals surface area contributed by atoms with Gasteiger partial charge in [-0.3, -0.25) is 24.0 Å². The summed E-state index contributed by atoms with van der Waals surface area (Å²) in [6, 6.07) is 0. The van der Waals surface area contributed by atoms with Gasteiger partial charge < -0.3 is 10.5 Å². The van der Waals surface area contributed by atoms with Gasteiger partial charge in [-0.15, -0.1) is 0 Å². The number of hydrogen-bond acceptors (Lipinski definition) is 8. The Kier molecular flexibility index (Phi) is 7.20. The van der Waals surface area contributed by atoms with Gasteiger partial charge in [-0.2, -0.15) is 4.98 Å². The minimum atomic E-state index is -0.436. The number of carbonyl (C=O) groups excluding carboxylic acids is 2. The smallest absolute Gasteiger partial charge is 0.327 e. The first-order chi connectivity index (χ1) is 17.9. The molecule has 0 bridgehead atoms. The molecule has 1 atom stereocenters. The first-order valence-electron chi connectivity index (χ1n) is 13.8. The van der Waals surface area contributed by atoms with E-state index in [2.05, 4.69) is 19.9 Å². The molecule has 1 aliphatic carbocycles. The van der Waals surface area contributed by atoms with Crippen molar-refractivity contribution in [1.29, 1.82) is 0 Å². The first kappa shape index (κ1) is 25.6. The van der Waals surface area contributed by atoms with Crippen LogP contribution in [0.4, 0.5) is 0 Å². The fourth-order valence-corrected chi connectivity index (χ4v) is 6.50. The molecule has 3 fully saturated rings. The lowest BCUT2D eigenvalue weighted by Gasteiger charge is -2.31. The summed E-state index contributed by atoms with van der Waals surface area (Å²) in [7, 11) is 0. The molecule has 0 aromatic carbocycles. The Morgan fingerprint density at radius 2 is 1.89 bits per heavy atom. The predicted octanol–water partition coefficient (Wildman–Crippen LogP) is 3.10. The Balaban J connectivity index is 1.54. The van der Waals surface area contributed by atoms with Crippen molar-refractivity contribution in [2.24, 2.45) is 11.7 Å². The van der Waals surface area contributed by atoms with E-state index in [1.165, 1.54) is 4.57 Å². The van der Waals surface area contributed by atoms with Crippen molar-refractivity contribution >= 4 is 22.7 Å². The van der Waals surface area contributed by atoms with Gasteiger partial charge in [0.05, 0.1) is 11.5 Å². The largest absolute Gasteiger partial charge is 0.474 e. The van der Waals surface area contributed by atoms with Crippen LogP contribution in [0.2, 0.25) is 0 Å². The van der Waals surface area contributed by atoms with E-state index >= 15 is 0 Å². The number of carbonyl (C=O) groups is 2. The van der Waals surface area contributed by atoms with E-state index in [1.807, 2.05) is 13.8 Å². The highest BCUT2D eigenvalue weighted by molar-refractivity contribution is 6.08. The second kappa shape index (κ2) is 10.4. The Bertz CT molecular complexity index is 1280. The van der Waals surface area contributed by atoms with Crippen LogP contribution in [0.3, 0.4) is 0 Å². The van der Waals surface area contributed by atoms with Crippen LogP contribution in [0.25, 0.3) is 11.2 Å². The molecule has 3 aliphatic rings. The molecule has 3 N–H and O–H groups in total. The summed E-state index contributed by atoms with van der Waals surface area (Å²) in [6.45, 7) is 6.85. The number of nitrogens with one attached hydrogen (secondary N) is 1. The highest BCUT2D eigenvalue weighted by Crippen LogP contribution is 2.39. The third-order valence-corrected chi connectivity index (χ3v) is 8.45. The molecule has 5 rings (SSSR count). The van der Waals surface area contributed by atoms with E-state index < -0.39 is 11.7 Å². The summed E-state index contributed by atoms with van der Waals surface area (Å²) in [4.78, 5) is 53.3. The Morgan fingerprint density at radius 3 is 2.57 bits per heavy atom. The molecule has 2 aromatic heterocycles. The van der Waals surface area contributed by atoms with Crippen molar-refractivity contribution < 1.29 is 14.3 Å². The number of fused-ring (bicyclic) bond motifs is 2. The fraction of sp³-hybridized carbons (Fsp3) is 0.667. The van der Waals surface area contributed by atoms with Crippen LogP contribution < -0.4 is 16.2 Å². The molecular weight excluding hydrogens is 472 g/mol. The molecule has 2 saturated heterocycles. The molecule has 200 valence electrons. The third kappa shape index (κ3) is 4.60. The molecule has 2 aromatic rings. The molecule has 10 heteroatoms. The summed E-state index contributed by atoms with van der Waals surface area (Å²) in [5, 5.41) is 0. The Labute approximate surface area is 216 Å². The maximum absolute atomic E-state index is 13.8. The van der Waals surface area contributed by atoms with Gasteiger partial charge in [0.2, 0.25) is 17.5 Å². The lowest BCUT2D eigenvalue weighted by Crippen LogP contribution is -2.43. The quantitative estimate of drug-likeness (QED) is 0.388. The molecule has 0 spiro atoms. The fourth-order valence-electron chi connectivity index (χ4n) is 6.50. The number of allylic oxidation sites excluding steroid dienone is 2. The van der Waals surface area contributed by atoms with E-state index in [4.69, 9.17) is 10.5 Å². The number of rotatable bonds is 9. The molecule has 37 heavy (non-hydrogen) atoms. The number of ether oxygens (including phenoxy) is 1. The van der Waals surface area contributed by atoms with Crippen molar-refractivity contribution in [3.8, 4) is 5.88 Å². The summed E-state index contributed by atoms with van der Waals surface area (Å²) >= 11 is 0. The van der Waals surface area contributed by atoms with Crippen LogP contribution >= 0.6 is 0 Å². The van der Waals surface area contributed by atoms with Gasteiger partial charge in [-0.25, -0.2) is 9.78 Å². The van der Waals surface area contributed by atoms with Gasteiger partial charge in [0.25, 0.3) is 0 Å². The van der Waals surface area contributed by atoms with Gasteiger partial charge in [0.1, 0.15) is 12.4 Å². The van der Waals surface area contributed by atoms with Gasteiger partial charge in [0.15, 0.2) is 11.2 Å². The van der Waals surface area contributed by atoms with Gasteiger partial charge in [-0.1, -0.05) is 19.8 Å². The maximum atomic E-state index is 13.8. The highest BCUT2D eigenvalue weighted by Gasteiger charge is 2.45. The molecule has 4 heterocycles. The Hall–Kier alpha value is -3.01. The lowest BCUT2D eigenvalue weighted by molar-refractivity contribution is -0.123. The average molecular weight is 511 g/mol. The van der Waals surface area contributed by atoms with Gasteiger partial charge in [-0.05, 0) is 65.0 Å². The topological polar surface area (TPSA) is 136 Å². The molecule has 10 nitrogen and oxygen atoms in total. The third-order valence-electron chi connectivity index (χ3n) is 8.45. The number of nitrogens with two attached hydrogens (primary N) is 1. The highest BCUT2D eigenvalue weighted by atomic mass is 16.5. The second-order valence-electron chi connectivity index (χ2n) is 10.7. The van der Waals surface area contributed by atoms with Crippen LogP contribution in [0.15, 0.2) is 16.1 Å². The predicted molar refractivity (Wildman–Crippen MR) is 140 cm³/mol. The molecule has 0 unspecified atom stereocenters. The number of imidazole rings is 1. The molecule has 2 aliphatic heterocycles. The molecule has 0 radical (unpaired) electrons. The first-order valence-corrected chi connectivity index (χ1v) is 13.8. The van der Waals surface area contributed by atoms with E-state index in [-0.39, 0.29) is 34.4 Å². The van der Waals surface area contributed by atoms with Gasteiger partial charge >= 0.3 is 5.69 Å². The standard InChI is InChI=1S/C27H38N6O4/c1-3-9-18(20(28)17-10-5-6-11-19(17)34)22(35)24-29-23-21(33(4-2)26(36)31-23)25(30-24)37-16-27-12-7-14-32(27)15-8-13-27/h17H,3-16,28H2,1-2H3,(H,29,30,31,36)/b20-18-/t17-/m0/s1. The zero-order chi connectivity index (χ0) is 26.2.